The van der Waals surface area contributed by atoms with Crippen LogP contribution in [0.4, 0.5) is 17.2 Å². The number of hydrogen-bond acceptors (Lipinski definition) is 4. The van der Waals surface area contributed by atoms with E-state index in [0.717, 1.165) is 18.5 Å². The number of aryl methyl sites for hydroxylation is 1. The molecule has 2 rings (SSSR count). The Labute approximate surface area is 118 Å². The molecule has 0 spiro atoms. The predicted octanol–water partition coefficient (Wildman–Crippen LogP) is 2.46. The Kier molecular flexibility index (Phi) is 4.20. The van der Waals surface area contributed by atoms with Crippen molar-refractivity contribution in [3.63, 3.8) is 0 Å². The second-order valence-corrected chi connectivity index (χ2v) is 4.55. The number of nitrogens with zero attached hydrogens (tertiary/aromatic N) is 1. The number of para-hydroxylation sites is 1. The average molecular weight is 270 g/mol. The van der Waals surface area contributed by atoms with Gasteiger partial charge >= 0.3 is 0 Å². The van der Waals surface area contributed by atoms with E-state index in [1.54, 1.807) is 6.07 Å². The van der Waals surface area contributed by atoms with Gasteiger partial charge in [-0.3, -0.25) is 4.79 Å². The summed E-state index contributed by atoms with van der Waals surface area (Å²) in [6.07, 6.45) is 3.46. The quantitative estimate of drug-likeness (QED) is 0.777. The molecular weight excluding hydrogens is 252 g/mol. The third-order valence-electron chi connectivity index (χ3n) is 3.00. The zero-order valence-corrected chi connectivity index (χ0v) is 11.4. The van der Waals surface area contributed by atoms with Crippen molar-refractivity contribution in [2.75, 3.05) is 11.1 Å². The van der Waals surface area contributed by atoms with Gasteiger partial charge in [-0.05, 0) is 24.1 Å². The Morgan fingerprint density at radius 3 is 2.80 bits per heavy atom. The average Bonchev–Trinajstić information content (AvgIpc) is 2.43. The number of carbonyl (C=O) groups excluding carboxylic acids is 1. The van der Waals surface area contributed by atoms with Crippen molar-refractivity contribution in [3.05, 3.63) is 47.7 Å². The molecule has 5 nitrogen and oxygen atoms in total. The van der Waals surface area contributed by atoms with E-state index >= 15 is 0 Å². The third kappa shape index (κ3) is 3.06. The normalized spacial score (nSPS) is 10.2. The second-order valence-electron chi connectivity index (χ2n) is 4.55. The SMILES string of the molecule is CCCc1ccccc1Nc1cc(C(N)=O)c(N)cn1. The van der Waals surface area contributed by atoms with Crippen molar-refractivity contribution in [2.45, 2.75) is 19.8 Å². The van der Waals surface area contributed by atoms with Crippen LogP contribution in [-0.2, 0) is 6.42 Å². The number of primary amides is 1. The number of benzene rings is 1. The van der Waals surface area contributed by atoms with Crippen LogP contribution < -0.4 is 16.8 Å². The summed E-state index contributed by atoms with van der Waals surface area (Å²) >= 11 is 0. The molecule has 0 saturated carbocycles. The van der Waals surface area contributed by atoms with E-state index in [1.165, 1.54) is 11.8 Å². The van der Waals surface area contributed by atoms with Crippen molar-refractivity contribution >= 4 is 23.1 Å². The lowest BCUT2D eigenvalue weighted by atomic mass is 10.1. The molecule has 1 amide bonds. The fourth-order valence-corrected chi connectivity index (χ4v) is 2.02. The van der Waals surface area contributed by atoms with E-state index in [0.29, 0.717) is 5.82 Å². The van der Waals surface area contributed by atoms with Crippen molar-refractivity contribution in [1.29, 1.82) is 0 Å². The van der Waals surface area contributed by atoms with Gasteiger partial charge in [0.25, 0.3) is 5.91 Å². The number of hydrogen-bond donors (Lipinski definition) is 3. The Morgan fingerprint density at radius 2 is 2.10 bits per heavy atom. The minimum atomic E-state index is -0.560. The van der Waals surface area contributed by atoms with Gasteiger partial charge in [-0.15, -0.1) is 0 Å². The van der Waals surface area contributed by atoms with Crippen LogP contribution in [0.15, 0.2) is 36.5 Å². The van der Waals surface area contributed by atoms with Crippen LogP contribution in [0.25, 0.3) is 0 Å². The molecular formula is C15H18N4O. The van der Waals surface area contributed by atoms with Crippen LogP contribution in [0, 0.1) is 0 Å². The molecule has 0 fully saturated rings. The molecule has 5 heteroatoms. The van der Waals surface area contributed by atoms with E-state index in [2.05, 4.69) is 23.3 Å². The van der Waals surface area contributed by atoms with Gasteiger partial charge in [0.2, 0.25) is 0 Å². The summed E-state index contributed by atoms with van der Waals surface area (Å²) in [7, 11) is 0. The minimum Gasteiger partial charge on any atom is -0.397 e. The van der Waals surface area contributed by atoms with Gasteiger partial charge in [-0.2, -0.15) is 0 Å². The number of aromatic nitrogens is 1. The standard InChI is InChI=1S/C15H18N4O/c1-2-5-10-6-3-4-7-13(10)19-14-8-11(15(17)20)12(16)9-18-14/h3-4,6-9H,2,5,16H2,1H3,(H2,17,20)(H,18,19). The zero-order chi connectivity index (χ0) is 14.5. The summed E-state index contributed by atoms with van der Waals surface area (Å²) < 4.78 is 0. The maximum absolute atomic E-state index is 11.3. The van der Waals surface area contributed by atoms with Crippen LogP contribution in [0.5, 0.6) is 0 Å². The summed E-state index contributed by atoms with van der Waals surface area (Å²) in [6, 6.07) is 9.57. The van der Waals surface area contributed by atoms with Crippen LogP contribution in [0.1, 0.15) is 29.3 Å². The lowest BCUT2D eigenvalue weighted by Gasteiger charge is -2.12. The molecule has 0 saturated heterocycles. The lowest BCUT2D eigenvalue weighted by molar-refractivity contribution is 0.100. The molecule has 0 aliphatic rings. The molecule has 5 N–H and O–H groups in total. The maximum atomic E-state index is 11.3. The number of nitrogens with two attached hydrogens (primary N) is 2. The number of anilines is 3. The first-order valence-corrected chi connectivity index (χ1v) is 6.52. The highest BCUT2D eigenvalue weighted by Gasteiger charge is 2.09. The molecule has 1 aromatic heterocycles. The first-order valence-electron chi connectivity index (χ1n) is 6.52. The summed E-state index contributed by atoms with van der Waals surface area (Å²) in [5.74, 6) is -0.00801. The smallest absolute Gasteiger partial charge is 0.250 e. The monoisotopic (exact) mass is 270 g/mol. The van der Waals surface area contributed by atoms with Crippen molar-refractivity contribution in [3.8, 4) is 0 Å². The van der Waals surface area contributed by atoms with Crippen molar-refractivity contribution < 1.29 is 4.79 Å². The Morgan fingerprint density at radius 1 is 1.35 bits per heavy atom. The fourth-order valence-electron chi connectivity index (χ4n) is 2.02. The van der Waals surface area contributed by atoms with Gasteiger partial charge in [0, 0.05) is 5.69 Å². The molecule has 0 unspecified atom stereocenters. The topological polar surface area (TPSA) is 94.0 Å². The number of nitrogen functional groups attached to an aromatic ring is 1. The first-order chi connectivity index (χ1) is 9.61. The Bertz CT molecular complexity index is 625. The largest absolute Gasteiger partial charge is 0.397 e. The highest BCUT2D eigenvalue weighted by atomic mass is 16.1. The van der Waals surface area contributed by atoms with Crippen molar-refractivity contribution in [1.82, 2.24) is 4.98 Å². The minimum absolute atomic E-state index is 0.274. The van der Waals surface area contributed by atoms with Crippen LogP contribution in [0.3, 0.4) is 0 Å². The zero-order valence-electron chi connectivity index (χ0n) is 11.4. The molecule has 0 aliphatic carbocycles. The van der Waals surface area contributed by atoms with Gasteiger partial charge in [0.05, 0.1) is 17.4 Å². The second kappa shape index (κ2) is 6.06. The van der Waals surface area contributed by atoms with Crippen LogP contribution >= 0.6 is 0 Å². The number of pyridine rings is 1. The van der Waals surface area contributed by atoms with Gasteiger partial charge in [-0.25, -0.2) is 4.98 Å². The summed E-state index contributed by atoms with van der Waals surface area (Å²) in [6.45, 7) is 2.13. The Hall–Kier alpha value is -2.56. The summed E-state index contributed by atoms with van der Waals surface area (Å²) in [4.78, 5) is 15.5. The van der Waals surface area contributed by atoms with E-state index in [4.69, 9.17) is 11.5 Å². The van der Waals surface area contributed by atoms with Crippen LogP contribution in [-0.4, -0.2) is 10.9 Å². The Balaban J connectivity index is 2.31. The van der Waals surface area contributed by atoms with Gasteiger partial charge in [0.1, 0.15) is 5.82 Å². The van der Waals surface area contributed by atoms with Gasteiger partial charge in [-0.1, -0.05) is 31.5 Å². The molecule has 104 valence electrons. The number of amides is 1. The number of carbonyl (C=O) groups is 1. The lowest BCUT2D eigenvalue weighted by Crippen LogP contribution is -2.14. The van der Waals surface area contributed by atoms with E-state index in [9.17, 15) is 4.79 Å². The maximum Gasteiger partial charge on any atom is 0.250 e. The molecule has 0 bridgehead atoms. The van der Waals surface area contributed by atoms with Crippen molar-refractivity contribution in [2.24, 2.45) is 5.73 Å². The van der Waals surface area contributed by atoms with Gasteiger partial charge in [0.15, 0.2) is 0 Å². The van der Waals surface area contributed by atoms with Gasteiger partial charge < -0.3 is 16.8 Å². The predicted molar refractivity (Wildman–Crippen MR) is 80.9 cm³/mol. The molecule has 0 radical (unpaired) electrons. The highest BCUT2D eigenvalue weighted by molar-refractivity contribution is 5.98. The summed E-state index contributed by atoms with van der Waals surface area (Å²) in [5, 5.41) is 3.21. The fraction of sp³-hybridized carbons (Fsp3) is 0.200. The van der Waals surface area contributed by atoms with E-state index in [-0.39, 0.29) is 11.3 Å². The van der Waals surface area contributed by atoms with E-state index in [1.807, 2.05) is 18.2 Å². The summed E-state index contributed by atoms with van der Waals surface area (Å²) in [5.41, 5.74) is 13.7. The molecule has 1 heterocycles. The molecule has 2 aromatic rings. The highest BCUT2D eigenvalue weighted by Crippen LogP contribution is 2.22. The first kappa shape index (κ1) is 13.9. The number of rotatable bonds is 5. The van der Waals surface area contributed by atoms with E-state index < -0.39 is 5.91 Å². The molecule has 20 heavy (non-hydrogen) atoms. The van der Waals surface area contributed by atoms with Crippen LogP contribution in [0.2, 0.25) is 0 Å². The molecule has 0 atom stereocenters. The molecule has 1 aromatic carbocycles. The number of nitrogens with one attached hydrogen (secondary N) is 1. The molecule has 0 aliphatic heterocycles. The third-order valence-corrected chi connectivity index (χ3v) is 3.00.